The molecule has 0 spiro atoms. The summed E-state index contributed by atoms with van der Waals surface area (Å²) in [5.41, 5.74) is 2.74. The molecule has 0 aliphatic carbocycles. The Hall–Kier alpha value is -1.06. The second-order valence-corrected chi connectivity index (χ2v) is 6.23. The van der Waals surface area contributed by atoms with E-state index >= 15 is 0 Å². The maximum atomic E-state index is 9.07. The summed E-state index contributed by atoms with van der Waals surface area (Å²) in [5.74, 6) is 0.604. The fourth-order valence-electron chi connectivity index (χ4n) is 4.16. The highest BCUT2D eigenvalue weighted by Gasteiger charge is 2.41. The maximum absolute atomic E-state index is 9.07. The van der Waals surface area contributed by atoms with Gasteiger partial charge in [-0.25, -0.2) is 0 Å². The SMILES string of the molecule is CCN1c2ccccc2C2OCCCC2C1CCCCO. The molecule has 3 heteroatoms. The van der Waals surface area contributed by atoms with E-state index in [1.807, 2.05) is 0 Å². The second kappa shape index (κ2) is 6.80. The van der Waals surface area contributed by atoms with E-state index in [1.54, 1.807) is 0 Å². The fourth-order valence-corrected chi connectivity index (χ4v) is 4.16. The van der Waals surface area contributed by atoms with Gasteiger partial charge in [-0.2, -0.15) is 0 Å². The number of aliphatic hydroxyl groups excluding tert-OH is 1. The summed E-state index contributed by atoms with van der Waals surface area (Å²) in [6, 6.07) is 9.31. The van der Waals surface area contributed by atoms with Crippen molar-refractivity contribution < 1.29 is 9.84 Å². The van der Waals surface area contributed by atoms with Crippen LogP contribution < -0.4 is 4.90 Å². The Bertz CT molecular complexity index is 462. The molecule has 0 saturated carbocycles. The number of fused-ring (bicyclic) bond motifs is 3. The van der Waals surface area contributed by atoms with Crippen LogP contribution in [0.5, 0.6) is 0 Å². The predicted octanol–water partition coefficient (Wildman–Crippen LogP) is 3.53. The van der Waals surface area contributed by atoms with Crippen molar-refractivity contribution in [2.24, 2.45) is 5.92 Å². The number of benzene rings is 1. The van der Waals surface area contributed by atoms with Gasteiger partial charge in [-0.15, -0.1) is 0 Å². The molecular weight excluding hydrogens is 262 g/mol. The molecular formula is C18H27NO2. The van der Waals surface area contributed by atoms with Gasteiger partial charge in [-0.3, -0.25) is 0 Å². The van der Waals surface area contributed by atoms with Crippen LogP contribution in [-0.4, -0.2) is 30.9 Å². The Morgan fingerprint density at radius 2 is 2.14 bits per heavy atom. The van der Waals surface area contributed by atoms with Crippen molar-refractivity contribution in [2.45, 2.75) is 51.2 Å². The molecule has 1 aromatic rings. The van der Waals surface area contributed by atoms with E-state index in [4.69, 9.17) is 9.84 Å². The van der Waals surface area contributed by atoms with Gasteiger partial charge in [-0.1, -0.05) is 18.2 Å². The van der Waals surface area contributed by atoms with Crippen molar-refractivity contribution in [2.75, 3.05) is 24.7 Å². The minimum atomic E-state index is 0.275. The van der Waals surface area contributed by atoms with Crippen molar-refractivity contribution in [3.63, 3.8) is 0 Å². The zero-order valence-corrected chi connectivity index (χ0v) is 13.0. The second-order valence-electron chi connectivity index (χ2n) is 6.23. The zero-order valence-electron chi connectivity index (χ0n) is 13.0. The molecule has 2 aliphatic rings. The monoisotopic (exact) mass is 289 g/mol. The van der Waals surface area contributed by atoms with Crippen molar-refractivity contribution in [3.05, 3.63) is 29.8 Å². The minimum Gasteiger partial charge on any atom is -0.396 e. The van der Waals surface area contributed by atoms with E-state index in [0.717, 1.165) is 32.4 Å². The highest BCUT2D eigenvalue weighted by molar-refractivity contribution is 5.58. The molecule has 1 saturated heterocycles. The zero-order chi connectivity index (χ0) is 14.7. The summed E-state index contributed by atoms with van der Waals surface area (Å²) in [6.07, 6.45) is 5.89. The smallest absolute Gasteiger partial charge is 0.0892 e. The molecule has 3 atom stereocenters. The molecule has 2 heterocycles. The lowest BCUT2D eigenvalue weighted by Gasteiger charge is -2.49. The Morgan fingerprint density at radius 3 is 2.95 bits per heavy atom. The predicted molar refractivity (Wildman–Crippen MR) is 85.6 cm³/mol. The van der Waals surface area contributed by atoms with Gasteiger partial charge in [-0.05, 0) is 45.1 Å². The van der Waals surface area contributed by atoms with Crippen LogP contribution in [0.15, 0.2) is 24.3 Å². The van der Waals surface area contributed by atoms with Crippen LogP contribution in [0, 0.1) is 5.92 Å². The first-order valence-corrected chi connectivity index (χ1v) is 8.44. The summed E-state index contributed by atoms with van der Waals surface area (Å²) in [4.78, 5) is 2.57. The Kier molecular flexibility index (Phi) is 4.81. The Labute approximate surface area is 127 Å². The first-order valence-electron chi connectivity index (χ1n) is 8.44. The van der Waals surface area contributed by atoms with Crippen LogP contribution in [0.4, 0.5) is 5.69 Å². The lowest BCUT2D eigenvalue weighted by atomic mass is 9.77. The van der Waals surface area contributed by atoms with E-state index in [9.17, 15) is 0 Å². The van der Waals surface area contributed by atoms with E-state index < -0.39 is 0 Å². The summed E-state index contributed by atoms with van der Waals surface area (Å²) in [7, 11) is 0. The van der Waals surface area contributed by atoms with Gasteiger partial charge >= 0.3 is 0 Å². The van der Waals surface area contributed by atoms with Crippen molar-refractivity contribution in [3.8, 4) is 0 Å². The largest absolute Gasteiger partial charge is 0.396 e. The minimum absolute atomic E-state index is 0.275. The highest BCUT2D eigenvalue weighted by atomic mass is 16.5. The van der Waals surface area contributed by atoms with Gasteiger partial charge in [0.2, 0.25) is 0 Å². The summed E-state index contributed by atoms with van der Waals surface area (Å²) in [5, 5.41) is 9.07. The lowest BCUT2D eigenvalue weighted by molar-refractivity contribution is -0.0432. The number of hydrogen-bond acceptors (Lipinski definition) is 3. The molecule has 0 bridgehead atoms. The maximum Gasteiger partial charge on any atom is 0.0892 e. The van der Waals surface area contributed by atoms with Gasteiger partial charge in [0, 0.05) is 43.0 Å². The van der Waals surface area contributed by atoms with Crippen LogP contribution >= 0.6 is 0 Å². The Balaban J connectivity index is 1.91. The van der Waals surface area contributed by atoms with Gasteiger partial charge in [0.05, 0.1) is 6.10 Å². The van der Waals surface area contributed by atoms with E-state index in [-0.39, 0.29) is 6.10 Å². The van der Waals surface area contributed by atoms with Crippen LogP contribution in [-0.2, 0) is 4.74 Å². The van der Waals surface area contributed by atoms with Gasteiger partial charge in [0.25, 0.3) is 0 Å². The van der Waals surface area contributed by atoms with Gasteiger partial charge in [0.1, 0.15) is 0 Å². The van der Waals surface area contributed by atoms with Gasteiger partial charge in [0.15, 0.2) is 0 Å². The van der Waals surface area contributed by atoms with Crippen LogP contribution in [0.2, 0.25) is 0 Å². The molecule has 21 heavy (non-hydrogen) atoms. The molecule has 3 unspecified atom stereocenters. The number of rotatable bonds is 5. The quantitative estimate of drug-likeness (QED) is 0.842. The first-order chi connectivity index (χ1) is 10.4. The van der Waals surface area contributed by atoms with Crippen molar-refractivity contribution >= 4 is 5.69 Å². The van der Waals surface area contributed by atoms with E-state index in [2.05, 4.69) is 36.1 Å². The number of unbranched alkanes of at least 4 members (excludes halogenated alkanes) is 1. The standard InChI is InChI=1S/C18H27NO2/c1-2-19-16-10-4-3-8-14(16)18-15(9-7-13-21-18)17(19)11-5-6-12-20/h3-4,8,10,15,17-18,20H,2,5-7,9,11-13H2,1H3. The summed E-state index contributed by atoms with van der Waals surface area (Å²) in [6.45, 7) is 4.49. The number of hydrogen-bond donors (Lipinski definition) is 1. The lowest BCUT2D eigenvalue weighted by Crippen LogP contribution is -2.49. The number of anilines is 1. The van der Waals surface area contributed by atoms with Crippen molar-refractivity contribution in [1.29, 1.82) is 0 Å². The summed E-state index contributed by atoms with van der Waals surface area (Å²) >= 11 is 0. The third-order valence-corrected chi connectivity index (χ3v) is 5.06. The first kappa shape index (κ1) is 14.9. The molecule has 0 amide bonds. The van der Waals surface area contributed by atoms with Crippen LogP contribution in [0.25, 0.3) is 0 Å². The summed E-state index contributed by atoms with van der Waals surface area (Å²) < 4.78 is 6.16. The van der Waals surface area contributed by atoms with Gasteiger partial charge < -0.3 is 14.7 Å². The molecule has 0 radical (unpaired) electrons. The number of para-hydroxylation sites is 1. The van der Waals surface area contributed by atoms with E-state index in [1.165, 1.54) is 24.1 Å². The van der Waals surface area contributed by atoms with E-state index in [0.29, 0.717) is 18.6 Å². The third kappa shape index (κ3) is 2.82. The highest BCUT2D eigenvalue weighted by Crippen LogP contribution is 2.47. The molecule has 0 aromatic heterocycles. The number of aliphatic hydroxyl groups is 1. The molecule has 3 rings (SSSR count). The number of nitrogens with zero attached hydrogens (tertiary/aromatic N) is 1. The molecule has 3 nitrogen and oxygen atoms in total. The normalized spacial score (nSPS) is 28.1. The van der Waals surface area contributed by atoms with Crippen LogP contribution in [0.1, 0.15) is 50.7 Å². The molecule has 116 valence electrons. The fraction of sp³-hybridized carbons (Fsp3) is 0.667. The molecule has 1 N–H and O–H groups in total. The van der Waals surface area contributed by atoms with Crippen LogP contribution in [0.3, 0.4) is 0 Å². The average molecular weight is 289 g/mol. The topological polar surface area (TPSA) is 32.7 Å². The molecule has 1 aromatic carbocycles. The number of ether oxygens (including phenoxy) is 1. The third-order valence-electron chi connectivity index (χ3n) is 5.06. The molecule has 1 fully saturated rings. The van der Waals surface area contributed by atoms with Crippen molar-refractivity contribution in [1.82, 2.24) is 0 Å². The average Bonchev–Trinajstić information content (AvgIpc) is 2.55. The Morgan fingerprint density at radius 1 is 1.29 bits per heavy atom. The molecule has 2 aliphatic heterocycles.